The Labute approximate surface area is 244 Å². The van der Waals surface area contributed by atoms with E-state index in [-0.39, 0.29) is 10.2 Å². The van der Waals surface area contributed by atoms with Crippen LogP contribution in [-0.4, -0.2) is 33.1 Å². The molecule has 5 rings (SSSR count). The maximum atomic E-state index is 12.9. The van der Waals surface area contributed by atoms with Crippen LogP contribution in [0.4, 0.5) is 5.69 Å². The van der Waals surface area contributed by atoms with E-state index in [2.05, 4.69) is 15.7 Å². The summed E-state index contributed by atoms with van der Waals surface area (Å²) in [6.45, 7) is 8.38. The Hall–Kier alpha value is -2.12. The van der Waals surface area contributed by atoms with Gasteiger partial charge in [-0.2, -0.15) is 0 Å². The zero-order chi connectivity index (χ0) is 27.6. The maximum Gasteiger partial charge on any atom is 0.148 e. The summed E-state index contributed by atoms with van der Waals surface area (Å²) >= 11 is 12.9. The second-order valence-corrected chi connectivity index (χ2v) is 14.5. The molecule has 8 heteroatoms. The molecule has 1 saturated heterocycles. The molecule has 1 saturated carbocycles. The number of aromatic nitrogens is 1. The van der Waals surface area contributed by atoms with E-state index in [4.69, 9.17) is 32.9 Å². The second kappa shape index (κ2) is 11.8. The minimum absolute atomic E-state index is 0.200. The fourth-order valence-corrected chi connectivity index (χ4v) is 7.15. The van der Waals surface area contributed by atoms with Gasteiger partial charge in [-0.3, -0.25) is 4.98 Å². The van der Waals surface area contributed by atoms with E-state index >= 15 is 0 Å². The van der Waals surface area contributed by atoms with E-state index in [9.17, 15) is 4.21 Å². The minimum atomic E-state index is -1.06. The Bertz CT molecular complexity index is 1320. The molecule has 0 bridgehead atoms. The number of ether oxygens (including phenoxy) is 1. The molecule has 1 spiro atoms. The van der Waals surface area contributed by atoms with Crippen molar-refractivity contribution in [3.8, 4) is 17.0 Å². The number of halogens is 2. The van der Waals surface area contributed by atoms with Crippen molar-refractivity contribution in [1.82, 2.24) is 9.71 Å². The van der Waals surface area contributed by atoms with E-state index in [1.165, 1.54) is 12.8 Å². The molecule has 1 N–H and O–H groups in total. The van der Waals surface area contributed by atoms with Crippen LogP contribution in [0.1, 0.15) is 58.4 Å². The van der Waals surface area contributed by atoms with E-state index in [0.29, 0.717) is 34.1 Å². The van der Waals surface area contributed by atoms with Gasteiger partial charge in [0.25, 0.3) is 0 Å². The number of hydrogen-bond acceptors (Lipinski definition) is 4. The van der Waals surface area contributed by atoms with Crippen LogP contribution in [0.25, 0.3) is 11.3 Å². The fourth-order valence-electron chi connectivity index (χ4n) is 5.78. The van der Waals surface area contributed by atoms with Crippen molar-refractivity contribution >= 4 is 39.9 Å². The third-order valence-electron chi connectivity index (χ3n) is 8.12. The van der Waals surface area contributed by atoms with Crippen molar-refractivity contribution in [2.45, 2.75) is 70.3 Å². The highest BCUT2D eigenvalue weighted by Gasteiger charge is 2.46. The van der Waals surface area contributed by atoms with Crippen molar-refractivity contribution in [2.75, 3.05) is 18.0 Å². The Morgan fingerprint density at radius 3 is 2.54 bits per heavy atom. The first-order valence-electron chi connectivity index (χ1n) is 13.7. The largest absolute Gasteiger partial charge is 0.487 e. The van der Waals surface area contributed by atoms with Gasteiger partial charge in [-0.25, -0.2) is 8.93 Å². The molecule has 2 heterocycles. The topological polar surface area (TPSA) is 54.5 Å². The number of nitrogens with zero attached hydrogens (tertiary/aromatic N) is 2. The summed E-state index contributed by atoms with van der Waals surface area (Å²) < 4.78 is 22.5. The molecule has 0 radical (unpaired) electrons. The molecule has 2 aromatic carbocycles. The van der Waals surface area contributed by atoms with Crippen molar-refractivity contribution in [3.05, 3.63) is 76.4 Å². The molecular weight excluding hydrogens is 549 g/mol. The van der Waals surface area contributed by atoms with Crippen LogP contribution in [0.5, 0.6) is 5.75 Å². The van der Waals surface area contributed by atoms with Crippen molar-refractivity contribution in [1.29, 1.82) is 0 Å². The van der Waals surface area contributed by atoms with E-state index in [1.807, 2.05) is 69.4 Å². The molecule has 1 unspecified atom stereocenters. The average Bonchev–Trinajstić information content (AvgIpc) is 3.30. The second-order valence-electron chi connectivity index (χ2n) is 11.7. The smallest absolute Gasteiger partial charge is 0.148 e. The quantitative estimate of drug-likeness (QED) is 0.307. The zero-order valence-corrected chi connectivity index (χ0v) is 25.2. The Balaban J connectivity index is 1.37. The number of benzene rings is 2. The fraction of sp³-hybridized carbons (Fsp3) is 0.452. The molecule has 39 heavy (non-hydrogen) atoms. The van der Waals surface area contributed by atoms with Gasteiger partial charge in [-0.05, 0) is 63.5 Å². The standard InChI is InChI=1S/C31H37Cl2N3O2S/c1-30(2,3)39(37)35-27-13-8-14-31(27)15-17-36(18-16-31)23-19-26(38-21-22-9-5-4-6-10-22)29(34-20-23)24-11-7-12-25(32)28(24)33/h4-7,9-12,19-20,27,35H,8,13-18,21H2,1-3H3/t27-,39?/m1/s1. The Morgan fingerprint density at radius 2 is 1.82 bits per heavy atom. The molecule has 1 aliphatic heterocycles. The molecule has 5 nitrogen and oxygen atoms in total. The monoisotopic (exact) mass is 585 g/mol. The van der Waals surface area contributed by atoms with Gasteiger partial charge >= 0.3 is 0 Å². The maximum absolute atomic E-state index is 12.9. The molecule has 0 amide bonds. The van der Waals surface area contributed by atoms with Gasteiger partial charge in [0.15, 0.2) is 0 Å². The van der Waals surface area contributed by atoms with E-state index in [0.717, 1.165) is 49.2 Å². The number of anilines is 1. The molecular formula is C31H37Cl2N3O2S. The molecule has 2 fully saturated rings. The summed E-state index contributed by atoms with van der Waals surface area (Å²) in [5.74, 6) is 0.682. The lowest BCUT2D eigenvalue weighted by molar-refractivity contribution is 0.188. The first-order chi connectivity index (χ1) is 18.7. The van der Waals surface area contributed by atoms with Gasteiger partial charge in [0.2, 0.25) is 0 Å². The van der Waals surface area contributed by atoms with Crippen molar-refractivity contribution < 1.29 is 8.95 Å². The number of nitrogens with one attached hydrogen (secondary N) is 1. The third kappa shape index (κ3) is 6.30. The lowest BCUT2D eigenvalue weighted by Gasteiger charge is -2.44. The highest BCUT2D eigenvalue weighted by Crippen LogP contribution is 2.48. The Kier molecular flexibility index (Phi) is 8.58. The van der Waals surface area contributed by atoms with E-state index in [1.54, 1.807) is 6.07 Å². The lowest BCUT2D eigenvalue weighted by Crippen LogP contribution is -2.51. The predicted octanol–water partition coefficient (Wildman–Crippen LogP) is 7.83. The first-order valence-corrected chi connectivity index (χ1v) is 15.6. The predicted molar refractivity (Wildman–Crippen MR) is 163 cm³/mol. The van der Waals surface area contributed by atoms with Crippen LogP contribution in [0, 0.1) is 5.41 Å². The van der Waals surface area contributed by atoms with Crippen LogP contribution in [0.2, 0.25) is 10.0 Å². The summed E-state index contributed by atoms with van der Waals surface area (Å²) in [5.41, 5.74) is 3.75. The SMILES string of the molecule is CC(C)(C)S(=O)N[C@@H]1CCCC12CCN(c1cnc(-c3cccc(Cl)c3Cl)c(OCc3ccccc3)c1)CC2. The normalized spacial score (nSPS) is 19.8. The van der Waals surface area contributed by atoms with Crippen LogP contribution < -0.4 is 14.4 Å². The lowest BCUT2D eigenvalue weighted by atomic mass is 9.74. The molecule has 208 valence electrons. The number of rotatable bonds is 7. The summed E-state index contributed by atoms with van der Waals surface area (Å²) in [7, 11) is -1.06. The van der Waals surface area contributed by atoms with Crippen LogP contribution in [0.3, 0.4) is 0 Å². The molecule has 3 aromatic rings. The number of pyridine rings is 1. The average molecular weight is 587 g/mol. The highest BCUT2D eigenvalue weighted by atomic mass is 35.5. The van der Waals surface area contributed by atoms with Gasteiger partial charge < -0.3 is 9.64 Å². The Morgan fingerprint density at radius 1 is 1.08 bits per heavy atom. The van der Waals surface area contributed by atoms with Crippen LogP contribution in [0.15, 0.2) is 60.8 Å². The van der Waals surface area contributed by atoms with E-state index < -0.39 is 11.0 Å². The van der Waals surface area contributed by atoms with Crippen LogP contribution >= 0.6 is 23.2 Å². The molecule has 1 aromatic heterocycles. The number of piperidine rings is 1. The van der Waals surface area contributed by atoms with Gasteiger partial charge in [0, 0.05) is 30.8 Å². The summed E-state index contributed by atoms with van der Waals surface area (Å²) in [6, 6.07) is 18.1. The summed E-state index contributed by atoms with van der Waals surface area (Å²) in [5, 5.41) is 0.957. The van der Waals surface area contributed by atoms with Gasteiger partial charge in [0.1, 0.15) is 18.1 Å². The first kappa shape index (κ1) is 28.4. The zero-order valence-electron chi connectivity index (χ0n) is 22.9. The molecule has 1 aliphatic carbocycles. The van der Waals surface area contributed by atoms with Gasteiger partial charge in [-0.15, -0.1) is 0 Å². The van der Waals surface area contributed by atoms with Crippen molar-refractivity contribution in [3.63, 3.8) is 0 Å². The highest BCUT2D eigenvalue weighted by molar-refractivity contribution is 7.84. The summed E-state index contributed by atoms with van der Waals surface area (Å²) in [4.78, 5) is 7.24. The summed E-state index contributed by atoms with van der Waals surface area (Å²) in [6.07, 6.45) is 7.51. The van der Waals surface area contributed by atoms with Crippen molar-refractivity contribution in [2.24, 2.45) is 5.41 Å². The molecule has 2 aliphatic rings. The van der Waals surface area contributed by atoms with Gasteiger partial charge in [-0.1, -0.05) is 72.1 Å². The number of hydrogen-bond donors (Lipinski definition) is 1. The third-order valence-corrected chi connectivity index (χ3v) is 10.5. The molecule has 2 atom stereocenters. The van der Waals surface area contributed by atoms with Gasteiger partial charge in [0.05, 0.1) is 37.7 Å². The van der Waals surface area contributed by atoms with Crippen LogP contribution in [-0.2, 0) is 17.6 Å². The minimum Gasteiger partial charge on any atom is -0.487 e.